The van der Waals surface area contributed by atoms with Gasteiger partial charge in [0.05, 0.1) is 19.0 Å². The molecule has 0 aromatic carbocycles. The van der Waals surface area contributed by atoms with E-state index < -0.39 is 25.2 Å². The number of rotatable bonds is 5. The van der Waals surface area contributed by atoms with E-state index in [1.165, 1.54) is 24.3 Å². The third kappa shape index (κ3) is 3.35. The Morgan fingerprint density at radius 1 is 1.57 bits per heavy atom. The molecular weight excluding hydrogens is 348 g/mol. The van der Waals surface area contributed by atoms with Crippen molar-refractivity contribution in [1.82, 2.24) is 19.5 Å². The number of nitrogens with two attached hydrogens (primary N) is 1. The van der Waals surface area contributed by atoms with Gasteiger partial charge >= 0.3 is 6.72 Å². The zero-order chi connectivity index (χ0) is 16.6. The molecule has 0 bridgehead atoms. The van der Waals surface area contributed by atoms with Crippen molar-refractivity contribution in [3.05, 3.63) is 12.7 Å². The zero-order valence-electron chi connectivity index (χ0n) is 12.1. The van der Waals surface area contributed by atoms with Gasteiger partial charge in [-0.25, -0.2) is 19.3 Å². The van der Waals surface area contributed by atoms with Crippen LogP contribution in [-0.2, 0) is 25.6 Å². The molecule has 1 aliphatic rings. The molecule has 0 aliphatic carbocycles. The van der Waals surface area contributed by atoms with Crippen molar-refractivity contribution in [2.45, 2.75) is 24.9 Å². The minimum absolute atomic E-state index is 0.0672. The first-order valence-corrected chi connectivity index (χ1v) is 9.26. The van der Waals surface area contributed by atoms with Crippen LogP contribution < -0.4 is 5.73 Å². The van der Waals surface area contributed by atoms with Crippen LogP contribution in [0, 0.1) is 0 Å². The van der Waals surface area contributed by atoms with Crippen LogP contribution >= 0.6 is 6.72 Å². The standard InChI is InChI=1S/C11H15FN5O4PS/c1-19-22(18,23)20-3-6-2-7(12)11(21-6)17-5-16-8-9(13)14-4-15-10(8)17/h4-7,11H,2-3H2,1H3,(H,18,23)(H2,13,14,15). The van der Waals surface area contributed by atoms with Gasteiger partial charge in [-0.3, -0.25) is 4.57 Å². The van der Waals surface area contributed by atoms with Crippen molar-refractivity contribution in [2.24, 2.45) is 0 Å². The van der Waals surface area contributed by atoms with Gasteiger partial charge in [-0.15, -0.1) is 0 Å². The molecule has 2 aromatic heterocycles. The van der Waals surface area contributed by atoms with E-state index in [2.05, 4.69) is 19.5 Å². The van der Waals surface area contributed by atoms with Gasteiger partial charge in [0.1, 0.15) is 18.0 Å². The number of nitrogen functional groups attached to an aromatic ring is 1. The molecule has 0 amide bonds. The van der Waals surface area contributed by atoms with Crippen molar-refractivity contribution in [3.8, 4) is 0 Å². The van der Waals surface area contributed by atoms with E-state index in [0.29, 0.717) is 11.2 Å². The van der Waals surface area contributed by atoms with E-state index in [9.17, 15) is 9.28 Å². The maximum Gasteiger partial charge on any atom is 0.324 e. The van der Waals surface area contributed by atoms with Crippen molar-refractivity contribution < 1.29 is 23.1 Å². The second-order valence-electron chi connectivity index (χ2n) is 4.93. The normalized spacial score (nSPS) is 27.3. The van der Waals surface area contributed by atoms with Crippen molar-refractivity contribution >= 4 is 35.5 Å². The SMILES string of the molecule is COP(O)(=S)OCC1CC(F)C(n2cnc3c(N)ncnc32)O1. The van der Waals surface area contributed by atoms with Crippen LogP contribution in [0.15, 0.2) is 12.7 Å². The molecule has 3 heterocycles. The average Bonchev–Trinajstić information content (AvgIpc) is 3.09. The quantitative estimate of drug-likeness (QED) is 0.747. The summed E-state index contributed by atoms with van der Waals surface area (Å²) < 4.78 is 31.1. The molecule has 9 nitrogen and oxygen atoms in total. The lowest BCUT2D eigenvalue weighted by molar-refractivity contribution is -0.0331. The molecule has 4 atom stereocenters. The van der Waals surface area contributed by atoms with E-state index in [4.69, 9.17) is 26.8 Å². The second kappa shape index (κ2) is 6.34. The molecule has 3 rings (SSSR count). The van der Waals surface area contributed by atoms with Gasteiger partial charge in [0.25, 0.3) is 0 Å². The predicted molar refractivity (Wildman–Crippen MR) is 82.6 cm³/mol. The summed E-state index contributed by atoms with van der Waals surface area (Å²) in [5.74, 6) is 0.211. The fourth-order valence-corrected chi connectivity index (χ4v) is 2.98. The number of hydrogen-bond acceptors (Lipinski definition) is 8. The van der Waals surface area contributed by atoms with E-state index in [1.807, 2.05) is 0 Å². The first kappa shape index (κ1) is 16.6. The van der Waals surface area contributed by atoms with Crippen LogP contribution in [0.5, 0.6) is 0 Å². The maximum atomic E-state index is 14.3. The van der Waals surface area contributed by atoms with Gasteiger partial charge in [-0.1, -0.05) is 0 Å². The molecule has 0 spiro atoms. The number of hydrogen-bond donors (Lipinski definition) is 2. The zero-order valence-corrected chi connectivity index (χ0v) is 13.8. The van der Waals surface area contributed by atoms with E-state index in [-0.39, 0.29) is 18.8 Å². The molecular formula is C11H15FN5O4PS. The second-order valence-corrected chi connectivity index (χ2v) is 7.87. The topological polar surface area (TPSA) is 118 Å². The molecule has 2 aromatic rings. The van der Waals surface area contributed by atoms with Gasteiger partial charge in [0.2, 0.25) is 0 Å². The number of ether oxygens (including phenoxy) is 1. The molecule has 1 aliphatic heterocycles. The molecule has 23 heavy (non-hydrogen) atoms. The largest absolute Gasteiger partial charge is 0.382 e. The molecule has 126 valence electrons. The molecule has 0 saturated carbocycles. The summed E-state index contributed by atoms with van der Waals surface area (Å²) in [4.78, 5) is 21.5. The van der Waals surface area contributed by atoms with E-state index in [1.54, 1.807) is 0 Å². The number of imidazole rings is 1. The van der Waals surface area contributed by atoms with Crippen LogP contribution in [0.1, 0.15) is 12.6 Å². The Morgan fingerprint density at radius 2 is 2.35 bits per heavy atom. The highest BCUT2D eigenvalue weighted by atomic mass is 32.5. The average molecular weight is 363 g/mol. The highest BCUT2D eigenvalue weighted by molar-refractivity contribution is 8.07. The lowest BCUT2D eigenvalue weighted by atomic mass is 10.2. The Balaban J connectivity index is 1.76. The van der Waals surface area contributed by atoms with Gasteiger partial charge < -0.3 is 24.4 Å². The minimum atomic E-state index is -3.30. The molecule has 3 N–H and O–H groups in total. The Labute approximate surface area is 135 Å². The molecule has 1 fully saturated rings. The van der Waals surface area contributed by atoms with Crippen molar-refractivity contribution in [1.29, 1.82) is 0 Å². The summed E-state index contributed by atoms with van der Waals surface area (Å²) in [5, 5.41) is 0. The Bertz CT molecular complexity index is 761. The monoisotopic (exact) mass is 363 g/mol. The Morgan fingerprint density at radius 3 is 3.09 bits per heavy atom. The molecule has 0 radical (unpaired) electrons. The third-order valence-corrected chi connectivity index (χ3v) is 5.15. The predicted octanol–water partition coefficient (Wildman–Crippen LogP) is 0.914. The molecule has 1 saturated heterocycles. The third-order valence-electron chi connectivity index (χ3n) is 3.44. The number of nitrogens with zero attached hydrogens (tertiary/aromatic N) is 4. The molecule has 4 unspecified atom stereocenters. The summed E-state index contributed by atoms with van der Waals surface area (Å²) in [6.07, 6.45) is -0.0143. The first-order chi connectivity index (χ1) is 10.9. The minimum Gasteiger partial charge on any atom is -0.382 e. The highest BCUT2D eigenvalue weighted by Gasteiger charge is 2.38. The Hall–Kier alpha value is -1.23. The van der Waals surface area contributed by atoms with E-state index >= 15 is 0 Å². The summed E-state index contributed by atoms with van der Waals surface area (Å²) in [6, 6.07) is 0. The Kier molecular flexibility index (Phi) is 4.59. The number of halogens is 1. The number of fused-ring (bicyclic) bond motifs is 1. The number of alkyl halides is 1. The first-order valence-electron chi connectivity index (χ1n) is 6.67. The highest BCUT2D eigenvalue weighted by Crippen LogP contribution is 2.44. The molecule has 12 heteroatoms. The van der Waals surface area contributed by atoms with Crippen LogP contribution in [0.4, 0.5) is 10.2 Å². The van der Waals surface area contributed by atoms with E-state index in [0.717, 1.165) is 0 Å². The van der Waals surface area contributed by atoms with Gasteiger partial charge in [-0.05, 0) is 11.8 Å². The summed E-state index contributed by atoms with van der Waals surface area (Å²) in [7, 11) is 1.25. The number of aromatic nitrogens is 4. The summed E-state index contributed by atoms with van der Waals surface area (Å²) >= 11 is 4.72. The van der Waals surface area contributed by atoms with Crippen molar-refractivity contribution in [2.75, 3.05) is 19.5 Å². The van der Waals surface area contributed by atoms with Gasteiger partial charge in [0.15, 0.2) is 17.7 Å². The number of anilines is 1. The van der Waals surface area contributed by atoms with Crippen LogP contribution in [0.25, 0.3) is 11.2 Å². The fraction of sp³-hybridized carbons (Fsp3) is 0.545. The van der Waals surface area contributed by atoms with Crippen molar-refractivity contribution in [3.63, 3.8) is 0 Å². The van der Waals surface area contributed by atoms with Crippen LogP contribution in [-0.4, -0.2) is 50.4 Å². The fourth-order valence-electron chi connectivity index (χ4n) is 2.34. The lowest BCUT2D eigenvalue weighted by Gasteiger charge is -2.18. The summed E-state index contributed by atoms with van der Waals surface area (Å²) in [6.45, 7) is -3.36. The lowest BCUT2D eigenvalue weighted by Crippen LogP contribution is -2.17. The van der Waals surface area contributed by atoms with Crippen LogP contribution in [0.3, 0.4) is 0 Å². The van der Waals surface area contributed by atoms with Gasteiger partial charge in [0, 0.05) is 13.5 Å². The maximum absolute atomic E-state index is 14.3. The summed E-state index contributed by atoms with van der Waals surface area (Å²) in [5.41, 5.74) is 6.48. The van der Waals surface area contributed by atoms with Gasteiger partial charge in [-0.2, -0.15) is 0 Å². The smallest absolute Gasteiger partial charge is 0.324 e. The van der Waals surface area contributed by atoms with Crippen LogP contribution in [0.2, 0.25) is 0 Å².